The number of ether oxygens (including phenoxy) is 1. The van der Waals surface area contributed by atoms with Crippen molar-refractivity contribution < 1.29 is 24.2 Å². The summed E-state index contributed by atoms with van der Waals surface area (Å²) in [4.78, 5) is 40.4. The molecule has 8 heteroatoms. The number of aromatic hydroxyl groups is 1. The van der Waals surface area contributed by atoms with Gasteiger partial charge in [-0.2, -0.15) is 0 Å². The lowest BCUT2D eigenvalue weighted by molar-refractivity contribution is -0.137. The molecular weight excluding hydrogens is 470 g/mol. The number of phenols is 1. The van der Waals surface area contributed by atoms with Crippen LogP contribution in [0.1, 0.15) is 37.9 Å². The Kier molecular flexibility index (Phi) is 8.55. The van der Waals surface area contributed by atoms with E-state index in [2.05, 4.69) is 17.2 Å². The molecule has 0 aliphatic carbocycles. The van der Waals surface area contributed by atoms with Crippen LogP contribution in [0.3, 0.4) is 0 Å². The average molecular weight is 504 g/mol. The number of nitrogens with one attached hydrogen (secondary N) is 2. The Morgan fingerprint density at radius 3 is 2.41 bits per heavy atom. The van der Waals surface area contributed by atoms with Gasteiger partial charge in [-0.15, -0.1) is 6.58 Å². The Labute approximate surface area is 216 Å². The van der Waals surface area contributed by atoms with Gasteiger partial charge < -0.3 is 25.4 Å². The quantitative estimate of drug-likeness (QED) is 0.372. The van der Waals surface area contributed by atoms with Crippen LogP contribution in [0, 0.1) is 6.92 Å². The molecule has 194 valence electrons. The molecule has 1 atom stereocenters. The Hall–Kier alpha value is -4.33. The maximum atomic E-state index is 13.7. The maximum absolute atomic E-state index is 13.7. The average Bonchev–Trinajstić information content (AvgIpc) is 2.83. The van der Waals surface area contributed by atoms with E-state index in [9.17, 15) is 19.5 Å². The van der Waals surface area contributed by atoms with Gasteiger partial charge in [-0.3, -0.25) is 9.59 Å². The van der Waals surface area contributed by atoms with Crippen LogP contribution in [0.2, 0.25) is 0 Å². The van der Waals surface area contributed by atoms with E-state index in [1.807, 2.05) is 36.4 Å². The van der Waals surface area contributed by atoms with E-state index in [1.54, 1.807) is 45.9 Å². The number of hydrogen-bond donors (Lipinski definition) is 3. The van der Waals surface area contributed by atoms with E-state index in [0.717, 1.165) is 10.8 Å². The predicted octanol–water partition coefficient (Wildman–Crippen LogP) is 5.07. The molecule has 0 radical (unpaired) electrons. The summed E-state index contributed by atoms with van der Waals surface area (Å²) < 4.78 is 5.22. The molecule has 0 aromatic heterocycles. The number of carbonyl (C=O) groups excluding carboxylic acids is 3. The lowest BCUT2D eigenvalue weighted by atomic mass is 10.0. The standard InChI is InChI=1S/C29H33N3O5/c1-6-15-32(25(34)18-30-28(36)37-29(3,4)5)26(22-12-14-24(33)19(2)16-22)27(35)31-23-13-11-20-9-7-8-10-21(20)17-23/h6-14,16-17,26,33H,1,15,18H2,2-5H3,(H,30,36)(H,31,35). The fraction of sp³-hybridized carbons (Fsp3) is 0.276. The fourth-order valence-electron chi connectivity index (χ4n) is 3.85. The number of hydrogen-bond acceptors (Lipinski definition) is 5. The first kappa shape index (κ1) is 27.3. The van der Waals surface area contributed by atoms with Gasteiger partial charge in [0.25, 0.3) is 5.91 Å². The van der Waals surface area contributed by atoms with E-state index in [-0.39, 0.29) is 18.8 Å². The molecule has 8 nitrogen and oxygen atoms in total. The van der Waals surface area contributed by atoms with Crippen molar-refractivity contribution in [3.63, 3.8) is 0 Å². The van der Waals surface area contributed by atoms with Crippen molar-refractivity contribution in [2.24, 2.45) is 0 Å². The summed E-state index contributed by atoms with van der Waals surface area (Å²) in [6.45, 7) is 10.3. The highest BCUT2D eigenvalue weighted by Gasteiger charge is 2.31. The third-order valence-electron chi connectivity index (χ3n) is 5.54. The predicted molar refractivity (Wildman–Crippen MR) is 144 cm³/mol. The molecule has 3 aromatic carbocycles. The number of benzene rings is 3. The molecule has 3 amide bonds. The first-order chi connectivity index (χ1) is 17.5. The third kappa shape index (κ3) is 7.33. The normalized spacial score (nSPS) is 11.9. The lowest BCUT2D eigenvalue weighted by Crippen LogP contribution is -2.46. The third-order valence-corrected chi connectivity index (χ3v) is 5.54. The molecule has 3 aromatic rings. The van der Waals surface area contributed by atoms with Crippen LogP contribution in [-0.2, 0) is 14.3 Å². The summed E-state index contributed by atoms with van der Waals surface area (Å²) in [5.41, 5.74) is 0.904. The number of anilines is 1. The van der Waals surface area contributed by atoms with Crippen molar-refractivity contribution in [1.29, 1.82) is 0 Å². The van der Waals surface area contributed by atoms with E-state index < -0.39 is 29.6 Å². The van der Waals surface area contributed by atoms with Crippen LogP contribution in [-0.4, -0.2) is 46.6 Å². The summed E-state index contributed by atoms with van der Waals surface area (Å²) in [5, 5.41) is 17.4. The Morgan fingerprint density at radius 1 is 1.05 bits per heavy atom. The molecule has 0 saturated heterocycles. The topological polar surface area (TPSA) is 108 Å². The minimum absolute atomic E-state index is 0.0462. The number of carbonyl (C=O) groups is 3. The van der Waals surface area contributed by atoms with Crippen molar-refractivity contribution in [3.05, 3.63) is 84.4 Å². The lowest BCUT2D eigenvalue weighted by Gasteiger charge is -2.31. The minimum atomic E-state index is -1.06. The van der Waals surface area contributed by atoms with Crippen LogP contribution in [0.4, 0.5) is 10.5 Å². The Balaban J connectivity index is 1.92. The van der Waals surface area contributed by atoms with Gasteiger partial charge in [0.2, 0.25) is 5.91 Å². The number of nitrogens with zero attached hydrogens (tertiary/aromatic N) is 1. The van der Waals surface area contributed by atoms with Gasteiger partial charge in [-0.1, -0.05) is 42.5 Å². The second-order valence-electron chi connectivity index (χ2n) is 9.69. The first-order valence-corrected chi connectivity index (χ1v) is 11.9. The fourth-order valence-corrected chi connectivity index (χ4v) is 3.85. The number of rotatable bonds is 8. The zero-order valence-corrected chi connectivity index (χ0v) is 21.6. The Bertz CT molecular complexity index is 1310. The first-order valence-electron chi connectivity index (χ1n) is 11.9. The van der Waals surface area contributed by atoms with Gasteiger partial charge in [0.1, 0.15) is 23.9 Å². The van der Waals surface area contributed by atoms with E-state index in [1.165, 1.54) is 17.0 Å². The van der Waals surface area contributed by atoms with Crippen LogP contribution in [0.5, 0.6) is 5.75 Å². The van der Waals surface area contributed by atoms with E-state index in [4.69, 9.17) is 4.74 Å². The van der Waals surface area contributed by atoms with Gasteiger partial charge in [0.15, 0.2) is 0 Å². The minimum Gasteiger partial charge on any atom is -0.508 e. The highest BCUT2D eigenvalue weighted by molar-refractivity contribution is 6.00. The van der Waals surface area contributed by atoms with Crippen LogP contribution < -0.4 is 10.6 Å². The van der Waals surface area contributed by atoms with Crippen molar-refractivity contribution in [2.45, 2.75) is 39.3 Å². The van der Waals surface area contributed by atoms with Crippen molar-refractivity contribution in [2.75, 3.05) is 18.4 Å². The summed E-state index contributed by atoms with van der Waals surface area (Å²) in [6.07, 6.45) is 0.770. The molecular formula is C29H33N3O5. The van der Waals surface area contributed by atoms with Crippen LogP contribution in [0.15, 0.2) is 73.3 Å². The summed E-state index contributed by atoms with van der Waals surface area (Å²) in [6, 6.07) is 17.0. The summed E-state index contributed by atoms with van der Waals surface area (Å²) in [7, 11) is 0. The van der Waals surface area contributed by atoms with Gasteiger partial charge in [0.05, 0.1) is 0 Å². The van der Waals surface area contributed by atoms with Gasteiger partial charge in [-0.25, -0.2) is 4.79 Å². The number of phenolic OH excluding ortho intramolecular Hbond substituents is 1. The van der Waals surface area contributed by atoms with Crippen LogP contribution in [0.25, 0.3) is 10.8 Å². The summed E-state index contributed by atoms with van der Waals surface area (Å²) in [5.74, 6) is -0.881. The molecule has 37 heavy (non-hydrogen) atoms. The van der Waals surface area contributed by atoms with Crippen molar-refractivity contribution in [3.8, 4) is 5.75 Å². The molecule has 0 saturated carbocycles. The zero-order chi connectivity index (χ0) is 27.2. The molecule has 0 aliphatic rings. The molecule has 0 aliphatic heterocycles. The van der Waals surface area contributed by atoms with Crippen molar-refractivity contribution >= 4 is 34.4 Å². The van der Waals surface area contributed by atoms with Crippen LogP contribution >= 0.6 is 0 Å². The highest BCUT2D eigenvalue weighted by atomic mass is 16.6. The molecule has 0 spiro atoms. The molecule has 0 heterocycles. The summed E-state index contributed by atoms with van der Waals surface area (Å²) >= 11 is 0. The molecule has 3 rings (SSSR count). The SMILES string of the molecule is C=CCN(C(=O)CNC(=O)OC(C)(C)C)C(C(=O)Nc1ccc2ccccc2c1)c1ccc(O)c(C)c1. The van der Waals surface area contributed by atoms with E-state index >= 15 is 0 Å². The number of alkyl carbamates (subject to hydrolysis) is 1. The van der Waals surface area contributed by atoms with Gasteiger partial charge in [-0.05, 0) is 73.9 Å². The highest BCUT2D eigenvalue weighted by Crippen LogP contribution is 2.28. The second-order valence-corrected chi connectivity index (χ2v) is 9.69. The largest absolute Gasteiger partial charge is 0.508 e. The molecule has 1 unspecified atom stereocenters. The monoisotopic (exact) mass is 503 g/mol. The number of amides is 3. The smallest absolute Gasteiger partial charge is 0.408 e. The number of fused-ring (bicyclic) bond motifs is 1. The molecule has 0 fully saturated rings. The maximum Gasteiger partial charge on any atom is 0.408 e. The molecule has 0 bridgehead atoms. The second kappa shape index (κ2) is 11.6. The molecule has 3 N–H and O–H groups in total. The van der Waals surface area contributed by atoms with Gasteiger partial charge >= 0.3 is 6.09 Å². The van der Waals surface area contributed by atoms with Gasteiger partial charge in [0, 0.05) is 12.2 Å². The van der Waals surface area contributed by atoms with Crippen molar-refractivity contribution in [1.82, 2.24) is 10.2 Å². The number of aryl methyl sites for hydroxylation is 1. The Morgan fingerprint density at radius 2 is 1.76 bits per heavy atom. The van der Waals surface area contributed by atoms with E-state index in [0.29, 0.717) is 16.8 Å². The zero-order valence-electron chi connectivity index (χ0n) is 21.6.